The Morgan fingerprint density at radius 2 is 2.00 bits per heavy atom. The molecular formula is C13H27N3O. The van der Waals surface area contributed by atoms with Gasteiger partial charge in [-0.3, -0.25) is 9.69 Å². The van der Waals surface area contributed by atoms with Crippen LogP contribution in [0.3, 0.4) is 0 Å². The Morgan fingerprint density at radius 3 is 2.47 bits per heavy atom. The fourth-order valence-electron chi connectivity index (χ4n) is 2.65. The fraction of sp³-hybridized carbons (Fsp3) is 0.923. The van der Waals surface area contributed by atoms with E-state index in [1.165, 1.54) is 0 Å². The van der Waals surface area contributed by atoms with Crippen molar-refractivity contribution in [3.63, 3.8) is 0 Å². The second-order valence-electron chi connectivity index (χ2n) is 5.37. The summed E-state index contributed by atoms with van der Waals surface area (Å²) in [6, 6.07) is -0.0213. The lowest BCUT2D eigenvalue weighted by atomic mass is 9.97. The van der Waals surface area contributed by atoms with E-state index >= 15 is 0 Å². The van der Waals surface area contributed by atoms with Gasteiger partial charge in [-0.25, -0.2) is 0 Å². The highest BCUT2D eigenvalue weighted by Crippen LogP contribution is 2.20. The molecule has 0 bridgehead atoms. The number of carbonyl (C=O) groups is 1. The average Bonchev–Trinajstić information content (AvgIpc) is 2.29. The fourth-order valence-corrected chi connectivity index (χ4v) is 2.65. The van der Waals surface area contributed by atoms with Crippen molar-refractivity contribution in [2.45, 2.75) is 46.2 Å². The van der Waals surface area contributed by atoms with E-state index in [1.54, 1.807) is 0 Å². The van der Waals surface area contributed by atoms with Crippen LogP contribution in [0.15, 0.2) is 0 Å². The summed E-state index contributed by atoms with van der Waals surface area (Å²) < 4.78 is 0. The van der Waals surface area contributed by atoms with Crippen LogP contribution in [0.2, 0.25) is 0 Å². The molecule has 0 spiro atoms. The molecule has 1 unspecified atom stereocenters. The van der Waals surface area contributed by atoms with Crippen LogP contribution in [-0.4, -0.2) is 60.0 Å². The smallest absolute Gasteiger partial charge is 0.239 e. The van der Waals surface area contributed by atoms with Crippen LogP contribution in [0.25, 0.3) is 0 Å². The molecule has 0 aromatic rings. The number of hydrogen-bond acceptors (Lipinski definition) is 3. The first-order valence-corrected chi connectivity index (χ1v) is 6.70. The quantitative estimate of drug-likeness (QED) is 0.795. The number of rotatable bonds is 4. The molecule has 1 rings (SSSR count). The van der Waals surface area contributed by atoms with E-state index in [9.17, 15) is 4.79 Å². The first-order valence-electron chi connectivity index (χ1n) is 6.70. The third-order valence-electron chi connectivity index (χ3n) is 3.76. The van der Waals surface area contributed by atoms with E-state index in [-0.39, 0.29) is 17.5 Å². The van der Waals surface area contributed by atoms with Gasteiger partial charge >= 0.3 is 0 Å². The number of hydrogen-bond donors (Lipinski definition) is 1. The summed E-state index contributed by atoms with van der Waals surface area (Å²) in [4.78, 5) is 16.6. The van der Waals surface area contributed by atoms with Gasteiger partial charge in [-0.1, -0.05) is 0 Å². The topological polar surface area (TPSA) is 35.6 Å². The summed E-state index contributed by atoms with van der Waals surface area (Å²) in [6.45, 7) is 15.0. The van der Waals surface area contributed by atoms with Crippen LogP contribution in [0.5, 0.6) is 0 Å². The Morgan fingerprint density at radius 1 is 1.41 bits per heavy atom. The second kappa shape index (κ2) is 5.83. The first kappa shape index (κ1) is 14.5. The van der Waals surface area contributed by atoms with Crippen molar-refractivity contribution < 1.29 is 4.79 Å². The van der Waals surface area contributed by atoms with Crippen molar-refractivity contribution >= 4 is 5.91 Å². The molecule has 4 nitrogen and oxygen atoms in total. The highest BCUT2D eigenvalue weighted by Gasteiger charge is 2.36. The molecule has 17 heavy (non-hydrogen) atoms. The monoisotopic (exact) mass is 241 g/mol. The normalized spacial score (nSPS) is 22.2. The van der Waals surface area contributed by atoms with E-state index in [0.29, 0.717) is 0 Å². The molecule has 0 aromatic heterocycles. The van der Waals surface area contributed by atoms with Crippen LogP contribution < -0.4 is 5.32 Å². The average molecular weight is 241 g/mol. The molecule has 4 heteroatoms. The van der Waals surface area contributed by atoms with Gasteiger partial charge in [0.2, 0.25) is 5.91 Å². The van der Waals surface area contributed by atoms with Crippen molar-refractivity contribution in [3.05, 3.63) is 0 Å². The zero-order chi connectivity index (χ0) is 13.1. The summed E-state index contributed by atoms with van der Waals surface area (Å²) >= 11 is 0. The lowest BCUT2D eigenvalue weighted by Gasteiger charge is -2.46. The molecule has 0 saturated carbocycles. The molecule has 1 fully saturated rings. The van der Waals surface area contributed by atoms with Gasteiger partial charge in [-0.2, -0.15) is 0 Å². The predicted molar refractivity (Wildman–Crippen MR) is 71.0 cm³/mol. The van der Waals surface area contributed by atoms with Crippen molar-refractivity contribution in [1.82, 2.24) is 15.1 Å². The Bertz CT molecular complexity index is 261. The molecule has 0 aromatic carbocycles. The zero-order valence-electron chi connectivity index (χ0n) is 11.9. The Balaban J connectivity index is 2.73. The van der Waals surface area contributed by atoms with Gasteiger partial charge in [0.15, 0.2) is 0 Å². The number of likely N-dealkylation sites (N-methyl/N-ethyl adjacent to an activating group) is 1. The molecule has 1 aliphatic rings. The number of piperazine rings is 1. The zero-order valence-corrected chi connectivity index (χ0v) is 11.9. The maximum atomic E-state index is 12.4. The molecule has 0 aliphatic carbocycles. The lowest BCUT2D eigenvalue weighted by Crippen LogP contribution is -2.63. The van der Waals surface area contributed by atoms with E-state index in [4.69, 9.17) is 0 Å². The van der Waals surface area contributed by atoms with E-state index in [2.05, 4.69) is 24.1 Å². The summed E-state index contributed by atoms with van der Waals surface area (Å²) in [5.74, 6) is 0.255. The van der Waals surface area contributed by atoms with Gasteiger partial charge in [0, 0.05) is 38.3 Å². The molecule has 1 heterocycles. The molecule has 1 saturated heterocycles. The Labute approximate surface area is 105 Å². The third-order valence-corrected chi connectivity index (χ3v) is 3.76. The highest BCUT2D eigenvalue weighted by atomic mass is 16.2. The molecule has 1 N–H and O–H groups in total. The summed E-state index contributed by atoms with van der Waals surface area (Å²) in [5, 5.41) is 3.39. The first-order chi connectivity index (χ1) is 7.94. The molecule has 1 atom stereocenters. The summed E-state index contributed by atoms with van der Waals surface area (Å²) in [6.07, 6.45) is 0. The highest BCUT2D eigenvalue weighted by molar-refractivity contribution is 5.81. The van der Waals surface area contributed by atoms with Crippen molar-refractivity contribution in [2.24, 2.45) is 0 Å². The SMILES string of the molecule is CCN(CC)C(=O)C(C)N1CCNCC1(C)C. The number of amides is 1. The molecule has 1 amide bonds. The van der Waals surface area contributed by atoms with Gasteiger partial charge in [0.1, 0.15) is 0 Å². The Hall–Kier alpha value is -0.610. The largest absolute Gasteiger partial charge is 0.342 e. The Kier molecular flexibility index (Phi) is 4.95. The van der Waals surface area contributed by atoms with E-state index in [0.717, 1.165) is 32.7 Å². The molecular weight excluding hydrogens is 214 g/mol. The molecule has 100 valence electrons. The standard InChI is InChI=1S/C13H27N3O/c1-6-15(7-2)12(17)11(3)16-9-8-14-10-13(16,4)5/h11,14H,6-10H2,1-5H3. The lowest BCUT2D eigenvalue weighted by molar-refractivity contribution is -0.139. The number of carbonyl (C=O) groups excluding carboxylic acids is 1. The summed E-state index contributed by atoms with van der Waals surface area (Å²) in [5.41, 5.74) is 0.0560. The maximum absolute atomic E-state index is 12.4. The minimum atomic E-state index is -0.0213. The van der Waals surface area contributed by atoms with Crippen LogP contribution in [0.1, 0.15) is 34.6 Å². The van der Waals surface area contributed by atoms with Crippen molar-refractivity contribution in [3.8, 4) is 0 Å². The maximum Gasteiger partial charge on any atom is 0.239 e. The van der Waals surface area contributed by atoms with Gasteiger partial charge in [-0.05, 0) is 34.6 Å². The minimum Gasteiger partial charge on any atom is -0.342 e. The van der Waals surface area contributed by atoms with Gasteiger partial charge in [-0.15, -0.1) is 0 Å². The van der Waals surface area contributed by atoms with Crippen LogP contribution in [-0.2, 0) is 4.79 Å². The van der Waals surface area contributed by atoms with Gasteiger partial charge in [0.25, 0.3) is 0 Å². The summed E-state index contributed by atoms with van der Waals surface area (Å²) in [7, 11) is 0. The van der Waals surface area contributed by atoms with Crippen molar-refractivity contribution in [2.75, 3.05) is 32.7 Å². The van der Waals surface area contributed by atoms with Crippen LogP contribution in [0, 0.1) is 0 Å². The van der Waals surface area contributed by atoms with Crippen LogP contribution >= 0.6 is 0 Å². The van der Waals surface area contributed by atoms with Gasteiger partial charge in [0.05, 0.1) is 6.04 Å². The molecule has 0 radical (unpaired) electrons. The van der Waals surface area contributed by atoms with Crippen LogP contribution in [0.4, 0.5) is 0 Å². The third kappa shape index (κ3) is 3.19. The number of nitrogens with zero attached hydrogens (tertiary/aromatic N) is 2. The number of nitrogens with one attached hydrogen (secondary N) is 1. The molecule has 1 aliphatic heterocycles. The van der Waals surface area contributed by atoms with Gasteiger partial charge < -0.3 is 10.2 Å². The van der Waals surface area contributed by atoms with E-state index < -0.39 is 0 Å². The second-order valence-corrected chi connectivity index (χ2v) is 5.37. The van der Waals surface area contributed by atoms with E-state index in [1.807, 2.05) is 25.7 Å². The minimum absolute atomic E-state index is 0.0213. The predicted octanol–water partition coefficient (Wildman–Crippen LogP) is 0.927. The van der Waals surface area contributed by atoms with Crippen molar-refractivity contribution in [1.29, 1.82) is 0 Å².